The Morgan fingerprint density at radius 3 is 2.72 bits per heavy atom. The summed E-state index contributed by atoms with van der Waals surface area (Å²) < 4.78 is 1.06. The predicted octanol–water partition coefficient (Wildman–Crippen LogP) is 4.62. The first kappa shape index (κ1) is 16.5. The predicted molar refractivity (Wildman–Crippen MR) is 99.8 cm³/mol. The molecule has 4 rings (SSSR count). The average Bonchev–Trinajstić information content (AvgIpc) is 3.14. The third kappa shape index (κ3) is 2.55. The van der Waals surface area contributed by atoms with Crippen molar-refractivity contribution in [2.24, 2.45) is 0 Å². The summed E-state index contributed by atoms with van der Waals surface area (Å²) in [5.41, 5.74) is -1.21. The number of amides is 1. The lowest BCUT2D eigenvalue weighted by Gasteiger charge is -2.21. The number of benzene rings is 2. The van der Waals surface area contributed by atoms with Crippen LogP contribution in [0.4, 0.5) is 5.69 Å². The Bertz CT molecular complexity index is 1050. The first-order valence-corrected chi connectivity index (χ1v) is 9.06. The van der Waals surface area contributed by atoms with E-state index in [1.54, 1.807) is 23.5 Å². The molecule has 0 aliphatic carbocycles. The van der Waals surface area contributed by atoms with E-state index in [0.29, 0.717) is 5.56 Å². The van der Waals surface area contributed by atoms with Gasteiger partial charge in [0.15, 0.2) is 11.4 Å². The van der Waals surface area contributed by atoms with Gasteiger partial charge >= 0.3 is 0 Å². The SMILES string of the molecule is O=C(CC1(O)C(=O)Nc2c(Cl)ccc(Cl)c21)c1ccc2sccc2c1. The van der Waals surface area contributed by atoms with Crippen molar-refractivity contribution >= 4 is 62.0 Å². The van der Waals surface area contributed by atoms with E-state index < -0.39 is 17.9 Å². The van der Waals surface area contributed by atoms with Gasteiger partial charge in [0, 0.05) is 20.8 Å². The van der Waals surface area contributed by atoms with Crippen molar-refractivity contribution in [1.29, 1.82) is 0 Å². The Labute approximate surface area is 157 Å². The summed E-state index contributed by atoms with van der Waals surface area (Å²) in [6, 6.07) is 10.2. The largest absolute Gasteiger partial charge is 0.375 e. The molecule has 0 saturated heterocycles. The van der Waals surface area contributed by atoms with Crippen LogP contribution < -0.4 is 5.32 Å². The summed E-state index contributed by atoms with van der Waals surface area (Å²) in [6.45, 7) is 0. The van der Waals surface area contributed by atoms with E-state index in [0.717, 1.165) is 10.1 Å². The number of carbonyl (C=O) groups excluding carboxylic acids is 2. The molecule has 7 heteroatoms. The maximum absolute atomic E-state index is 12.7. The molecule has 1 atom stereocenters. The molecule has 0 bridgehead atoms. The van der Waals surface area contributed by atoms with E-state index in [2.05, 4.69) is 5.32 Å². The number of nitrogens with one attached hydrogen (secondary N) is 1. The molecule has 2 N–H and O–H groups in total. The molecular formula is C18H11Cl2NO3S. The van der Waals surface area contributed by atoms with E-state index in [1.165, 1.54) is 12.1 Å². The highest BCUT2D eigenvalue weighted by atomic mass is 35.5. The third-order valence-corrected chi connectivity index (χ3v) is 5.85. The maximum atomic E-state index is 12.7. The minimum Gasteiger partial charge on any atom is -0.375 e. The Kier molecular flexibility index (Phi) is 3.85. The Balaban J connectivity index is 1.74. The molecule has 3 aromatic rings. The van der Waals surface area contributed by atoms with Crippen LogP contribution in [0.3, 0.4) is 0 Å². The van der Waals surface area contributed by atoms with Crippen molar-refractivity contribution in [1.82, 2.24) is 0 Å². The summed E-state index contributed by atoms with van der Waals surface area (Å²) in [7, 11) is 0. The number of aliphatic hydroxyl groups is 1. The number of hydrogen-bond donors (Lipinski definition) is 2. The van der Waals surface area contributed by atoms with Gasteiger partial charge in [-0.25, -0.2) is 0 Å². The molecule has 0 spiro atoms. The van der Waals surface area contributed by atoms with Gasteiger partial charge < -0.3 is 10.4 Å². The number of rotatable bonds is 3. The summed E-state index contributed by atoms with van der Waals surface area (Å²) in [5, 5.41) is 16.8. The van der Waals surface area contributed by atoms with Crippen molar-refractivity contribution in [3.63, 3.8) is 0 Å². The number of Topliss-reactive ketones (excluding diaryl/α,β-unsaturated/α-hetero) is 1. The summed E-state index contributed by atoms with van der Waals surface area (Å²) in [5.74, 6) is -1.06. The molecule has 1 unspecified atom stereocenters. The lowest BCUT2D eigenvalue weighted by molar-refractivity contribution is -0.133. The molecule has 0 saturated carbocycles. The van der Waals surface area contributed by atoms with Crippen molar-refractivity contribution in [2.45, 2.75) is 12.0 Å². The number of anilines is 1. The van der Waals surface area contributed by atoms with Crippen LogP contribution >= 0.6 is 34.5 Å². The van der Waals surface area contributed by atoms with E-state index in [1.807, 2.05) is 17.5 Å². The Morgan fingerprint density at radius 2 is 1.92 bits per heavy atom. The molecule has 25 heavy (non-hydrogen) atoms. The lowest BCUT2D eigenvalue weighted by Crippen LogP contribution is -2.36. The highest BCUT2D eigenvalue weighted by molar-refractivity contribution is 7.17. The molecule has 2 heterocycles. The van der Waals surface area contributed by atoms with Crippen molar-refractivity contribution in [3.05, 3.63) is 63.0 Å². The van der Waals surface area contributed by atoms with Crippen LogP contribution in [-0.4, -0.2) is 16.8 Å². The first-order valence-electron chi connectivity index (χ1n) is 7.43. The van der Waals surface area contributed by atoms with E-state index in [-0.39, 0.29) is 27.1 Å². The second-order valence-corrected chi connectivity index (χ2v) is 7.63. The molecule has 1 aliphatic rings. The van der Waals surface area contributed by atoms with Crippen LogP contribution in [0, 0.1) is 0 Å². The van der Waals surface area contributed by atoms with Crippen molar-refractivity contribution < 1.29 is 14.7 Å². The maximum Gasteiger partial charge on any atom is 0.261 e. The summed E-state index contributed by atoms with van der Waals surface area (Å²) in [4.78, 5) is 25.1. The highest BCUT2D eigenvalue weighted by Gasteiger charge is 2.49. The topological polar surface area (TPSA) is 66.4 Å². The smallest absolute Gasteiger partial charge is 0.261 e. The Morgan fingerprint density at radius 1 is 1.16 bits per heavy atom. The van der Waals surface area contributed by atoms with E-state index in [4.69, 9.17) is 23.2 Å². The van der Waals surface area contributed by atoms with Gasteiger partial charge in [-0.2, -0.15) is 0 Å². The van der Waals surface area contributed by atoms with Crippen molar-refractivity contribution in [3.8, 4) is 0 Å². The second kappa shape index (κ2) is 5.81. The molecule has 1 aromatic heterocycles. The fraction of sp³-hybridized carbons (Fsp3) is 0.111. The van der Waals surface area contributed by atoms with Gasteiger partial charge in [-0.1, -0.05) is 23.2 Å². The monoisotopic (exact) mass is 391 g/mol. The number of fused-ring (bicyclic) bond motifs is 2. The van der Waals surface area contributed by atoms with Crippen LogP contribution in [0.2, 0.25) is 10.0 Å². The zero-order valence-corrected chi connectivity index (χ0v) is 15.0. The minimum atomic E-state index is -2.04. The van der Waals surface area contributed by atoms with Gasteiger partial charge in [0.25, 0.3) is 5.91 Å². The molecule has 0 fully saturated rings. The van der Waals surface area contributed by atoms with Gasteiger partial charge in [-0.05, 0) is 47.2 Å². The quantitative estimate of drug-likeness (QED) is 0.640. The van der Waals surface area contributed by atoms with Crippen LogP contribution in [0.1, 0.15) is 22.3 Å². The van der Waals surface area contributed by atoms with Gasteiger partial charge in [0.1, 0.15) is 0 Å². The summed E-state index contributed by atoms with van der Waals surface area (Å²) >= 11 is 13.8. The molecule has 1 amide bonds. The van der Waals surface area contributed by atoms with Crippen LogP contribution in [0.15, 0.2) is 41.8 Å². The number of halogens is 2. The standard InChI is InChI=1S/C18H11Cl2NO3S/c19-11-2-3-12(20)16-15(11)18(24,17(23)21-16)8-13(22)9-1-4-14-10(7-9)5-6-25-14/h1-7,24H,8H2,(H,21,23). The molecule has 126 valence electrons. The zero-order chi connectivity index (χ0) is 17.8. The summed E-state index contributed by atoms with van der Waals surface area (Å²) in [6.07, 6.45) is -0.415. The van der Waals surface area contributed by atoms with Gasteiger partial charge in [0.05, 0.1) is 17.1 Å². The van der Waals surface area contributed by atoms with E-state index in [9.17, 15) is 14.7 Å². The molecule has 0 radical (unpaired) electrons. The fourth-order valence-electron chi connectivity index (χ4n) is 3.05. The number of ketones is 1. The van der Waals surface area contributed by atoms with Crippen LogP contribution in [0.25, 0.3) is 10.1 Å². The number of hydrogen-bond acceptors (Lipinski definition) is 4. The third-order valence-electron chi connectivity index (χ3n) is 4.32. The van der Waals surface area contributed by atoms with Gasteiger partial charge in [-0.15, -0.1) is 11.3 Å². The van der Waals surface area contributed by atoms with Crippen molar-refractivity contribution in [2.75, 3.05) is 5.32 Å². The Hall–Kier alpha value is -1.92. The normalized spacial score (nSPS) is 19.1. The zero-order valence-electron chi connectivity index (χ0n) is 12.7. The average molecular weight is 392 g/mol. The molecule has 1 aliphatic heterocycles. The van der Waals surface area contributed by atoms with Crippen LogP contribution in [-0.2, 0) is 10.4 Å². The molecule has 4 nitrogen and oxygen atoms in total. The number of carbonyl (C=O) groups is 2. The fourth-order valence-corrected chi connectivity index (χ4v) is 4.34. The van der Waals surface area contributed by atoms with E-state index >= 15 is 0 Å². The first-order chi connectivity index (χ1) is 11.9. The lowest BCUT2D eigenvalue weighted by atomic mass is 9.88. The number of thiophene rings is 1. The van der Waals surface area contributed by atoms with Gasteiger partial charge in [-0.3, -0.25) is 9.59 Å². The second-order valence-electron chi connectivity index (χ2n) is 5.87. The molecule has 2 aromatic carbocycles. The molecular weight excluding hydrogens is 381 g/mol. The minimum absolute atomic E-state index is 0.150. The van der Waals surface area contributed by atoms with Gasteiger partial charge in [0.2, 0.25) is 0 Å². The highest BCUT2D eigenvalue weighted by Crippen LogP contribution is 2.46. The van der Waals surface area contributed by atoms with Crippen LogP contribution in [0.5, 0.6) is 0 Å².